The van der Waals surface area contributed by atoms with E-state index in [4.69, 9.17) is 4.42 Å². The maximum Gasteiger partial charge on any atom is 0.224 e. The molecule has 0 saturated heterocycles. The van der Waals surface area contributed by atoms with Crippen LogP contribution in [0, 0.1) is 0 Å². The van der Waals surface area contributed by atoms with Crippen molar-refractivity contribution < 1.29 is 14.0 Å². The summed E-state index contributed by atoms with van der Waals surface area (Å²) in [6.07, 6.45) is 2.32. The fourth-order valence-corrected chi connectivity index (χ4v) is 2.88. The monoisotopic (exact) mass is 427 g/mol. The first-order valence-electron chi connectivity index (χ1n) is 8.38. The van der Waals surface area contributed by atoms with Crippen LogP contribution in [-0.4, -0.2) is 16.8 Å². The summed E-state index contributed by atoms with van der Waals surface area (Å²) in [7, 11) is 0. The van der Waals surface area contributed by atoms with Crippen LogP contribution < -0.4 is 10.6 Å². The highest BCUT2D eigenvalue weighted by Crippen LogP contribution is 2.24. The van der Waals surface area contributed by atoms with Gasteiger partial charge in [-0.05, 0) is 36.4 Å². The molecule has 0 bridgehead atoms. The number of halogens is 1. The van der Waals surface area contributed by atoms with E-state index in [1.807, 2.05) is 24.3 Å². The Hall–Kier alpha value is -2.93. The zero-order valence-corrected chi connectivity index (χ0v) is 16.2. The van der Waals surface area contributed by atoms with E-state index in [1.54, 1.807) is 30.5 Å². The van der Waals surface area contributed by atoms with Gasteiger partial charge in [-0.1, -0.05) is 28.1 Å². The van der Waals surface area contributed by atoms with Crippen LogP contribution in [-0.2, 0) is 16.0 Å². The van der Waals surface area contributed by atoms with Gasteiger partial charge in [0.1, 0.15) is 0 Å². The van der Waals surface area contributed by atoms with Gasteiger partial charge >= 0.3 is 0 Å². The van der Waals surface area contributed by atoms with E-state index in [9.17, 15) is 9.59 Å². The highest BCUT2D eigenvalue weighted by atomic mass is 79.9. The minimum Gasteiger partial charge on any atom is -0.441 e. The van der Waals surface area contributed by atoms with Crippen molar-refractivity contribution in [2.75, 3.05) is 10.6 Å². The number of aromatic nitrogens is 1. The van der Waals surface area contributed by atoms with Crippen molar-refractivity contribution in [1.82, 2.24) is 4.98 Å². The summed E-state index contributed by atoms with van der Waals surface area (Å²) < 4.78 is 6.69. The molecule has 0 spiro atoms. The Kier molecular flexibility index (Phi) is 6.03. The van der Waals surface area contributed by atoms with Gasteiger partial charge in [-0.25, -0.2) is 4.98 Å². The van der Waals surface area contributed by atoms with Crippen molar-refractivity contribution in [2.45, 2.75) is 19.8 Å². The van der Waals surface area contributed by atoms with Gasteiger partial charge in [-0.15, -0.1) is 0 Å². The molecule has 0 unspecified atom stereocenters. The smallest absolute Gasteiger partial charge is 0.224 e. The SMILES string of the molecule is CC(=O)Nc1ccc(NC(=O)CCc2ncc(-c3cccc(Br)c3)o2)cc1. The Morgan fingerprint density at radius 3 is 2.44 bits per heavy atom. The number of carbonyl (C=O) groups is 2. The Morgan fingerprint density at radius 1 is 1.07 bits per heavy atom. The summed E-state index contributed by atoms with van der Waals surface area (Å²) in [6.45, 7) is 1.44. The first-order chi connectivity index (χ1) is 13.0. The average Bonchev–Trinajstić information content (AvgIpc) is 3.10. The lowest BCUT2D eigenvalue weighted by atomic mass is 10.2. The fraction of sp³-hybridized carbons (Fsp3) is 0.150. The molecule has 3 aromatic rings. The van der Waals surface area contributed by atoms with Gasteiger partial charge in [0.25, 0.3) is 0 Å². The number of benzene rings is 2. The lowest BCUT2D eigenvalue weighted by molar-refractivity contribution is -0.116. The Labute approximate surface area is 165 Å². The second-order valence-corrected chi connectivity index (χ2v) is 6.85. The maximum absolute atomic E-state index is 12.1. The van der Waals surface area contributed by atoms with Crippen molar-refractivity contribution in [3.05, 3.63) is 65.1 Å². The van der Waals surface area contributed by atoms with Crippen LogP contribution in [0.15, 0.2) is 63.6 Å². The van der Waals surface area contributed by atoms with E-state index >= 15 is 0 Å². The second kappa shape index (κ2) is 8.64. The van der Waals surface area contributed by atoms with Crippen LogP contribution in [0.4, 0.5) is 11.4 Å². The molecule has 0 aliphatic carbocycles. The lowest BCUT2D eigenvalue weighted by Gasteiger charge is -2.06. The van der Waals surface area contributed by atoms with E-state index in [1.165, 1.54) is 6.92 Å². The highest BCUT2D eigenvalue weighted by Gasteiger charge is 2.10. The third-order valence-electron chi connectivity index (χ3n) is 3.72. The number of hydrogen-bond acceptors (Lipinski definition) is 4. The number of nitrogens with one attached hydrogen (secondary N) is 2. The van der Waals surface area contributed by atoms with Crippen molar-refractivity contribution in [3.63, 3.8) is 0 Å². The number of carbonyl (C=O) groups excluding carboxylic acids is 2. The minimum atomic E-state index is -0.139. The van der Waals surface area contributed by atoms with Crippen LogP contribution >= 0.6 is 15.9 Å². The zero-order chi connectivity index (χ0) is 19.2. The molecule has 1 heterocycles. The summed E-state index contributed by atoms with van der Waals surface area (Å²) in [4.78, 5) is 27.4. The van der Waals surface area contributed by atoms with Gasteiger partial charge in [0.15, 0.2) is 11.7 Å². The van der Waals surface area contributed by atoms with Crippen molar-refractivity contribution in [2.24, 2.45) is 0 Å². The number of rotatable bonds is 6. The summed E-state index contributed by atoms with van der Waals surface area (Å²) in [5.74, 6) is 0.908. The first-order valence-corrected chi connectivity index (χ1v) is 9.17. The molecule has 2 aromatic carbocycles. The van der Waals surface area contributed by atoms with Crippen LogP contribution in [0.1, 0.15) is 19.2 Å². The normalized spacial score (nSPS) is 10.4. The van der Waals surface area contributed by atoms with Gasteiger partial charge in [0, 0.05) is 41.2 Å². The topological polar surface area (TPSA) is 84.2 Å². The lowest BCUT2D eigenvalue weighted by Crippen LogP contribution is -2.12. The van der Waals surface area contributed by atoms with Crippen LogP contribution in [0.3, 0.4) is 0 Å². The maximum atomic E-state index is 12.1. The molecule has 2 N–H and O–H groups in total. The van der Waals surface area contributed by atoms with Crippen molar-refractivity contribution in [1.29, 1.82) is 0 Å². The van der Waals surface area contributed by atoms with Gasteiger partial charge in [0.2, 0.25) is 11.8 Å². The summed E-state index contributed by atoms with van der Waals surface area (Å²) in [5.41, 5.74) is 2.27. The van der Waals surface area contributed by atoms with E-state index in [0.717, 1.165) is 10.0 Å². The Morgan fingerprint density at radius 2 is 1.78 bits per heavy atom. The van der Waals surface area contributed by atoms with Crippen LogP contribution in [0.25, 0.3) is 11.3 Å². The van der Waals surface area contributed by atoms with E-state index in [2.05, 4.69) is 31.5 Å². The summed E-state index contributed by atoms with van der Waals surface area (Å²) in [5, 5.41) is 5.49. The van der Waals surface area contributed by atoms with Crippen molar-refractivity contribution >= 4 is 39.1 Å². The number of hydrogen-bond donors (Lipinski definition) is 2. The van der Waals surface area contributed by atoms with E-state index < -0.39 is 0 Å². The number of aryl methyl sites for hydroxylation is 1. The highest BCUT2D eigenvalue weighted by molar-refractivity contribution is 9.10. The third kappa shape index (κ3) is 5.52. The number of oxazole rings is 1. The van der Waals surface area contributed by atoms with Crippen molar-refractivity contribution in [3.8, 4) is 11.3 Å². The molecule has 27 heavy (non-hydrogen) atoms. The third-order valence-corrected chi connectivity index (χ3v) is 4.21. The Balaban J connectivity index is 1.53. The van der Waals surface area contributed by atoms with Gasteiger partial charge in [-0.2, -0.15) is 0 Å². The molecule has 7 heteroatoms. The molecular formula is C20H18BrN3O3. The first kappa shape index (κ1) is 18.8. The van der Waals surface area contributed by atoms with E-state index in [-0.39, 0.29) is 18.2 Å². The summed E-state index contributed by atoms with van der Waals surface area (Å²) >= 11 is 3.43. The zero-order valence-electron chi connectivity index (χ0n) is 14.7. The Bertz CT molecular complexity index is 951. The molecule has 0 atom stereocenters. The standard InChI is InChI=1S/C20H18BrN3O3/c1-13(25)23-16-5-7-17(8-6-16)24-19(26)9-10-20-22-12-18(27-20)14-3-2-4-15(21)11-14/h2-8,11-12H,9-10H2,1H3,(H,23,25)(H,24,26). The quantitative estimate of drug-likeness (QED) is 0.600. The molecule has 0 fully saturated rings. The number of amides is 2. The van der Waals surface area contributed by atoms with Gasteiger partial charge in [0.05, 0.1) is 6.20 Å². The minimum absolute atomic E-state index is 0.135. The molecule has 1 aromatic heterocycles. The fourth-order valence-electron chi connectivity index (χ4n) is 2.49. The molecule has 138 valence electrons. The molecule has 0 radical (unpaired) electrons. The predicted molar refractivity (Wildman–Crippen MR) is 107 cm³/mol. The van der Waals surface area contributed by atoms with E-state index in [0.29, 0.717) is 29.4 Å². The van der Waals surface area contributed by atoms with Crippen LogP contribution in [0.5, 0.6) is 0 Å². The molecular weight excluding hydrogens is 410 g/mol. The molecule has 0 aliphatic rings. The molecule has 0 saturated carbocycles. The summed E-state index contributed by atoms with van der Waals surface area (Å²) in [6, 6.07) is 14.7. The molecule has 2 amide bonds. The number of anilines is 2. The van der Waals surface area contributed by atoms with Gasteiger partial charge in [-0.3, -0.25) is 9.59 Å². The van der Waals surface area contributed by atoms with Crippen LogP contribution in [0.2, 0.25) is 0 Å². The largest absolute Gasteiger partial charge is 0.441 e. The average molecular weight is 428 g/mol. The predicted octanol–water partition coefficient (Wildman–Crippen LogP) is 4.63. The number of nitrogens with zero attached hydrogens (tertiary/aromatic N) is 1. The molecule has 6 nitrogen and oxygen atoms in total. The second-order valence-electron chi connectivity index (χ2n) is 5.94. The molecule has 3 rings (SSSR count). The van der Waals surface area contributed by atoms with Gasteiger partial charge < -0.3 is 15.1 Å². The molecule has 0 aliphatic heterocycles.